The summed E-state index contributed by atoms with van der Waals surface area (Å²) in [5, 5.41) is 1.55. The summed E-state index contributed by atoms with van der Waals surface area (Å²) in [4.78, 5) is 24.0. The van der Waals surface area contributed by atoms with Gasteiger partial charge in [0.1, 0.15) is 0 Å². The van der Waals surface area contributed by atoms with Gasteiger partial charge in [-0.25, -0.2) is 0 Å². The fraction of sp³-hybridized carbons (Fsp3) is 0. The van der Waals surface area contributed by atoms with Crippen LogP contribution in [0, 0.1) is 0 Å². The quantitative estimate of drug-likeness (QED) is 0.229. The summed E-state index contributed by atoms with van der Waals surface area (Å²) in [5.74, 6) is 0. The van der Waals surface area contributed by atoms with Crippen molar-refractivity contribution in [2.24, 2.45) is 0 Å². The molecular weight excluding hydrogens is 109 g/mol. The first-order chi connectivity index (χ1) is 2.47. The van der Waals surface area contributed by atoms with E-state index < -0.39 is 7.66 Å². The van der Waals surface area contributed by atoms with E-state index in [1.807, 2.05) is 0 Å². The molecule has 5 nitrogen and oxygen atoms in total. The number of nitrogens with one attached hydrogen (secondary N) is 1. The Morgan fingerprint density at radius 3 is 1.50 bits per heavy atom. The van der Waals surface area contributed by atoms with E-state index in [2.05, 4.69) is 4.62 Å². The zero-order valence-corrected chi connectivity index (χ0v) is 3.59. The third-order valence-electron chi connectivity index (χ3n) is 0.336. The van der Waals surface area contributed by atoms with Crippen LogP contribution < -0.4 is 5.25 Å². The molecule has 0 aliphatic carbocycles. The van der Waals surface area contributed by atoms with Crippen LogP contribution in [0.3, 0.4) is 0 Å². The molecule has 1 rings (SSSR count). The third kappa shape index (κ3) is 0.844. The summed E-state index contributed by atoms with van der Waals surface area (Å²) in [7, 11) is -4.55. The summed E-state index contributed by atoms with van der Waals surface area (Å²) < 4.78 is 3.63. The summed E-state index contributed by atoms with van der Waals surface area (Å²) in [6, 6.07) is 0. The van der Waals surface area contributed by atoms with Crippen molar-refractivity contribution in [1.29, 1.82) is 0 Å². The average Bonchev–Trinajstić information content (AvgIpc) is 1.73. The molecule has 0 aromatic carbocycles. The van der Waals surface area contributed by atoms with Crippen LogP contribution in [0.2, 0.25) is 0 Å². The molecule has 0 radical (unpaired) electrons. The molecule has 0 bridgehead atoms. The van der Waals surface area contributed by atoms with Crippen molar-refractivity contribution in [3.63, 3.8) is 0 Å². The van der Waals surface area contributed by atoms with E-state index in [0.717, 1.165) is 0 Å². The first-order valence-electron chi connectivity index (χ1n) is 1.21. The van der Waals surface area contributed by atoms with Gasteiger partial charge in [0, 0.05) is 0 Å². The zero-order valence-electron chi connectivity index (χ0n) is 2.70. The first-order valence-corrected chi connectivity index (χ1v) is 3.22. The number of rotatable bonds is 0. The Bertz CT molecular complexity index is 71.3. The Hall–Kier alpha value is 0.230. The van der Waals surface area contributed by atoms with Gasteiger partial charge >= 0.3 is 32.2 Å². The molecule has 1 aliphatic heterocycles. The van der Waals surface area contributed by atoms with Gasteiger partial charge < -0.3 is 0 Å². The Morgan fingerprint density at radius 2 is 1.50 bits per heavy atom. The second-order valence-electron chi connectivity index (χ2n) is 1.09. The van der Waals surface area contributed by atoms with Gasteiger partial charge in [0.15, 0.2) is 0 Å². The van der Waals surface area contributed by atoms with Gasteiger partial charge in [0.05, 0.1) is 0 Å². The predicted octanol–water partition coefficient (Wildman–Crippen LogP) is -1.37. The van der Waals surface area contributed by atoms with Crippen LogP contribution in [0.15, 0.2) is 0 Å². The van der Waals surface area contributed by atoms with Gasteiger partial charge in [-0.1, -0.05) is 0 Å². The average molecular weight is 113 g/mol. The summed E-state index contributed by atoms with van der Waals surface area (Å²) in [6.45, 7) is 0. The second kappa shape index (κ2) is 0.626. The van der Waals surface area contributed by atoms with Crippen molar-refractivity contribution in [2.45, 2.75) is 0 Å². The third-order valence-corrected chi connectivity index (χ3v) is 1.01. The van der Waals surface area contributed by atoms with E-state index in [1.165, 1.54) is 0 Å². The van der Waals surface area contributed by atoms with Gasteiger partial charge in [-0.2, -0.15) is 0 Å². The van der Waals surface area contributed by atoms with Crippen LogP contribution >= 0.6 is 7.66 Å². The van der Waals surface area contributed by atoms with Crippen LogP contribution in [0.5, 0.6) is 0 Å². The number of hydrogen-bond donors (Lipinski definition) is 4. The molecule has 6 heavy (non-hydrogen) atoms. The molecule has 1 saturated heterocycles. The predicted molar refractivity (Wildman–Crippen MR) is 17.8 cm³/mol. The van der Waals surface area contributed by atoms with E-state index >= 15 is 0 Å². The molecule has 1 fully saturated rings. The van der Waals surface area contributed by atoms with Gasteiger partial charge in [-0.15, -0.1) is 0 Å². The van der Waals surface area contributed by atoms with Gasteiger partial charge in [-0.05, 0) is 0 Å². The molecule has 38 valence electrons. The van der Waals surface area contributed by atoms with Crippen LogP contribution in [-0.2, 0) is 4.62 Å². The molecule has 1 heterocycles. The van der Waals surface area contributed by atoms with Gasteiger partial charge in [0.25, 0.3) is 0 Å². The maximum absolute atomic E-state index is 8.01. The summed E-state index contributed by atoms with van der Waals surface area (Å²) >= 11 is 0. The van der Waals surface area contributed by atoms with E-state index in [-0.39, 0.29) is 0 Å². The van der Waals surface area contributed by atoms with Crippen LogP contribution in [-0.4, -0.2) is 14.7 Å². The first kappa shape index (κ1) is 4.39. The Labute approximate surface area is 33.4 Å². The SMILES string of the molecule is OP1(O)(O)NO1. The molecule has 4 N–H and O–H groups in total. The summed E-state index contributed by atoms with van der Waals surface area (Å²) in [5.41, 5.74) is 0. The fourth-order valence-corrected chi connectivity index (χ4v) is 0.493. The normalized spacial score (nSPS) is 42.8. The minimum atomic E-state index is -4.55. The Morgan fingerprint density at radius 1 is 1.33 bits per heavy atom. The maximum atomic E-state index is 8.01. The Balaban J connectivity index is 2.67. The van der Waals surface area contributed by atoms with E-state index in [1.54, 1.807) is 5.25 Å². The van der Waals surface area contributed by atoms with Crippen molar-refractivity contribution in [2.75, 3.05) is 0 Å². The van der Waals surface area contributed by atoms with Crippen molar-refractivity contribution >= 4 is 7.66 Å². The number of hydrogen-bond acceptors (Lipinski definition) is 5. The Kier molecular flexibility index (Phi) is 0.458. The molecule has 0 atom stereocenters. The molecule has 0 aromatic heterocycles. The van der Waals surface area contributed by atoms with Crippen LogP contribution in [0.25, 0.3) is 0 Å². The molecule has 0 saturated carbocycles. The molecule has 0 aromatic rings. The van der Waals surface area contributed by atoms with Crippen molar-refractivity contribution in [1.82, 2.24) is 5.25 Å². The van der Waals surface area contributed by atoms with Gasteiger partial charge in [-0.3, -0.25) is 0 Å². The molecule has 1 aliphatic rings. The van der Waals surface area contributed by atoms with Crippen molar-refractivity contribution in [3.05, 3.63) is 0 Å². The molecule has 0 unspecified atom stereocenters. The van der Waals surface area contributed by atoms with Gasteiger partial charge in [0.2, 0.25) is 0 Å². The van der Waals surface area contributed by atoms with E-state index in [4.69, 9.17) is 14.7 Å². The standard InChI is InChI=1S/H4NO4P/c2-6(3,4)1-5-6/h1-4H. The monoisotopic (exact) mass is 113 g/mol. The van der Waals surface area contributed by atoms with E-state index in [0.29, 0.717) is 0 Å². The topological polar surface area (TPSA) is 95.2 Å². The molecule has 6 heteroatoms. The van der Waals surface area contributed by atoms with Crippen LogP contribution in [0.1, 0.15) is 0 Å². The minimum absolute atomic E-state index is 1.55. The molecular formula is H4NO4P. The fourth-order valence-electron chi connectivity index (χ4n) is 0.0548. The molecule has 0 spiro atoms. The van der Waals surface area contributed by atoms with Crippen LogP contribution in [0.4, 0.5) is 0 Å². The summed E-state index contributed by atoms with van der Waals surface area (Å²) in [6.07, 6.45) is 0. The zero-order chi connectivity index (χ0) is 4.86. The second-order valence-corrected chi connectivity index (χ2v) is 3.26. The molecule has 0 amide bonds. The van der Waals surface area contributed by atoms with E-state index in [9.17, 15) is 0 Å². The van der Waals surface area contributed by atoms with Crippen molar-refractivity contribution < 1.29 is 19.3 Å². The van der Waals surface area contributed by atoms with Crippen molar-refractivity contribution in [3.8, 4) is 0 Å².